The van der Waals surface area contributed by atoms with Crippen LogP contribution in [0.15, 0.2) is 0 Å². The van der Waals surface area contributed by atoms with E-state index < -0.39 is 11.2 Å². The van der Waals surface area contributed by atoms with Gasteiger partial charge in [0.25, 0.3) is 0 Å². The Morgan fingerprint density at radius 2 is 1.60 bits per heavy atom. The Kier molecular flexibility index (Phi) is 8.29. The van der Waals surface area contributed by atoms with Crippen molar-refractivity contribution < 1.29 is 14.5 Å². The molecule has 0 atom stereocenters. The molecule has 0 unspecified atom stereocenters. The molecule has 0 heterocycles. The molecule has 0 radical (unpaired) electrons. The van der Waals surface area contributed by atoms with E-state index in [-0.39, 0.29) is 6.42 Å². The lowest BCUT2D eigenvalue weighted by atomic mass is 10.5. The van der Waals surface area contributed by atoms with Gasteiger partial charge in [0.2, 0.25) is 0 Å². The van der Waals surface area contributed by atoms with E-state index in [0.717, 1.165) is 0 Å². The third-order valence-electron chi connectivity index (χ3n) is 0.302. The Morgan fingerprint density at radius 1 is 1.50 bits per heavy atom. The number of rotatable bonds is 1. The number of carboxylic acid groups (broad SMARTS) is 1. The molecule has 7 heteroatoms. The second-order valence-electron chi connectivity index (χ2n) is 1.15. The van der Waals surface area contributed by atoms with Crippen LogP contribution in [0.5, 0.6) is 0 Å². The van der Waals surface area contributed by atoms with Gasteiger partial charge in [0.05, 0.1) is 0 Å². The van der Waals surface area contributed by atoms with Crippen LogP contribution in [0.25, 0.3) is 0 Å². The molecule has 0 aliphatic heterocycles. The molecule has 0 aromatic carbocycles. The number of carbonyl (C=O) groups is 1. The van der Waals surface area contributed by atoms with Gasteiger partial charge in [0, 0.05) is 6.42 Å². The molecule has 0 aliphatic rings. The lowest BCUT2D eigenvalue weighted by Gasteiger charge is -1.74. The van der Waals surface area contributed by atoms with Crippen molar-refractivity contribution in [1.82, 2.24) is 0 Å². The second-order valence-corrected chi connectivity index (χ2v) is 7.79. The minimum absolute atomic E-state index is 0.222. The maximum Gasteiger partial charge on any atom is 0.339 e. The molecule has 0 rings (SSSR count). The molecule has 0 aliphatic carbocycles. The first-order valence-corrected chi connectivity index (χ1v) is 6.60. The average molecular weight is 227 g/mol. The van der Waals surface area contributed by atoms with E-state index in [9.17, 15) is 9.36 Å². The van der Waals surface area contributed by atoms with E-state index in [4.69, 9.17) is 5.11 Å². The fraction of sp³-hybridized carbons (Fsp3) is 0.667. The molecular formula is C3H6Cl3O3P. The second kappa shape index (κ2) is 6.29. The number of hydrogen-bond acceptors (Lipinski definition) is 2. The highest BCUT2D eigenvalue weighted by Gasteiger charge is 2.02. The molecule has 3 nitrogen and oxygen atoms in total. The standard InChI is InChI=1S/C3H6O2.Cl3OP/c1-2-3(4)5;1-5(2,3)4/h2H2,1H3,(H,4,5);. The Bertz CT molecular complexity index is 134. The number of hydrogen-bond donors (Lipinski definition) is 1. The topological polar surface area (TPSA) is 54.4 Å². The van der Waals surface area contributed by atoms with Gasteiger partial charge in [-0.15, -0.1) is 0 Å². The first-order valence-electron chi connectivity index (χ1n) is 2.18. The van der Waals surface area contributed by atoms with Crippen LogP contribution in [0.2, 0.25) is 0 Å². The van der Waals surface area contributed by atoms with Crippen molar-refractivity contribution in [2.75, 3.05) is 0 Å². The quantitative estimate of drug-likeness (QED) is 0.699. The van der Waals surface area contributed by atoms with Crippen molar-refractivity contribution in [3.8, 4) is 0 Å². The van der Waals surface area contributed by atoms with Gasteiger partial charge in [0.15, 0.2) is 0 Å². The van der Waals surface area contributed by atoms with Crippen molar-refractivity contribution in [3.05, 3.63) is 0 Å². The Balaban J connectivity index is 0. The lowest BCUT2D eigenvalue weighted by Crippen LogP contribution is -1.86. The van der Waals surface area contributed by atoms with Gasteiger partial charge >= 0.3 is 11.2 Å². The number of halogens is 3. The molecule has 0 aromatic heterocycles. The zero-order valence-electron chi connectivity index (χ0n) is 5.05. The highest BCUT2D eigenvalue weighted by Crippen LogP contribution is 2.61. The molecule has 10 heavy (non-hydrogen) atoms. The Hall–Kier alpha value is 0.570. The SMILES string of the molecule is CCC(=O)O.O=P(Cl)(Cl)Cl. The fourth-order valence-electron chi connectivity index (χ4n) is 0. The van der Waals surface area contributed by atoms with Crippen LogP contribution in [-0.4, -0.2) is 11.1 Å². The number of carboxylic acids is 1. The highest BCUT2D eigenvalue weighted by atomic mass is 36.0. The molecule has 0 saturated carbocycles. The van der Waals surface area contributed by atoms with Crippen molar-refractivity contribution in [2.45, 2.75) is 13.3 Å². The van der Waals surface area contributed by atoms with E-state index >= 15 is 0 Å². The van der Waals surface area contributed by atoms with Crippen LogP contribution in [0.1, 0.15) is 13.3 Å². The van der Waals surface area contributed by atoms with Crippen LogP contribution in [0, 0.1) is 0 Å². The minimum Gasteiger partial charge on any atom is -0.481 e. The smallest absolute Gasteiger partial charge is 0.339 e. The van der Waals surface area contributed by atoms with Crippen LogP contribution < -0.4 is 0 Å². The van der Waals surface area contributed by atoms with Crippen LogP contribution in [0.3, 0.4) is 0 Å². The van der Waals surface area contributed by atoms with Gasteiger partial charge in [-0.25, -0.2) is 0 Å². The molecule has 0 amide bonds. The van der Waals surface area contributed by atoms with Gasteiger partial charge in [-0.3, -0.25) is 9.36 Å². The summed E-state index contributed by atoms with van der Waals surface area (Å²) in [6.45, 7) is 1.60. The Labute approximate surface area is 73.0 Å². The molecule has 0 aromatic rings. The van der Waals surface area contributed by atoms with E-state index in [0.29, 0.717) is 0 Å². The van der Waals surface area contributed by atoms with Gasteiger partial charge in [0.1, 0.15) is 0 Å². The van der Waals surface area contributed by atoms with Crippen LogP contribution in [0.4, 0.5) is 0 Å². The highest BCUT2D eigenvalue weighted by molar-refractivity contribution is 8.24. The maximum atomic E-state index is 9.51. The summed E-state index contributed by atoms with van der Waals surface area (Å²) in [5, 5.41) is 4.50. The van der Waals surface area contributed by atoms with Gasteiger partial charge in [-0.1, -0.05) is 6.92 Å². The zero-order chi connectivity index (χ0) is 8.78. The van der Waals surface area contributed by atoms with E-state index in [1.807, 2.05) is 0 Å². The molecule has 0 fully saturated rings. The summed E-state index contributed by atoms with van der Waals surface area (Å²) in [6.07, 6.45) is 0.222. The molecular weight excluding hydrogens is 221 g/mol. The fourth-order valence-corrected chi connectivity index (χ4v) is 0. The normalized spacial score (nSPS) is 9.60. The number of aliphatic carboxylic acids is 1. The molecule has 0 saturated heterocycles. The van der Waals surface area contributed by atoms with Gasteiger partial charge in [-0.05, 0) is 33.7 Å². The largest absolute Gasteiger partial charge is 0.481 e. The van der Waals surface area contributed by atoms with Crippen molar-refractivity contribution in [3.63, 3.8) is 0 Å². The Morgan fingerprint density at radius 3 is 1.60 bits per heavy atom. The zero-order valence-corrected chi connectivity index (χ0v) is 8.21. The average Bonchev–Trinajstić information content (AvgIpc) is 1.61. The van der Waals surface area contributed by atoms with E-state index in [1.165, 1.54) is 0 Å². The van der Waals surface area contributed by atoms with Crippen molar-refractivity contribution >= 4 is 44.9 Å². The van der Waals surface area contributed by atoms with Crippen molar-refractivity contribution in [2.24, 2.45) is 0 Å². The first-order chi connectivity index (χ1) is 4.27. The predicted molar refractivity (Wildman–Crippen MR) is 43.1 cm³/mol. The summed E-state index contributed by atoms with van der Waals surface area (Å²) >= 11 is 13.8. The third kappa shape index (κ3) is 74.4. The monoisotopic (exact) mass is 226 g/mol. The summed E-state index contributed by atoms with van der Waals surface area (Å²) in [6, 6.07) is 0. The summed E-state index contributed by atoms with van der Waals surface area (Å²) in [7, 11) is 0. The predicted octanol–water partition coefficient (Wildman–Crippen LogP) is 3.29. The van der Waals surface area contributed by atoms with Crippen LogP contribution in [-0.2, 0) is 9.36 Å². The minimum atomic E-state index is -3.22. The third-order valence-corrected chi connectivity index (χ3v) is 0.302. The lowest BCUT2D eigenvalue weighted by molar-refractivity contribution is -0.136. The van der Waals surface area contributed by atoms with E-state index in [2.05, 4.69) is 33.7 Å². The summed E-state index contributed by atoms with van der Waals surface area (Å²) in [5.41, 5.74) is 0. The van der Waals surface area contributed by atoms with E-state index in [1.54, 1.807) is 6.92 Å². The molecule has 0 bridgehead atoms. The summed E-state index contributed by atoms with van der Waals surface area (Å²) < 4.78 is 9.51. The van der Waals surface area contributed by atoms with Gasteiger partial charge < -0.3 is 5.11 Å². The molecule has 62 valence electrons. The molecule has 0 spiro atoms. The maximum absolute atomic E-state index is 9.51. The van der Waals surface area contributed by atoms with Crippen molar-refractivity contribution in [1.29, 1.82) is 0 Å². The first kappa shape index (κ1) is 13.2. The van der Waals surface area contributed by atoms with Crippen LogP contribution >= 0.6 is 38.9 Å². The summed E-state index contributed by atoms with van der Waals surface area (Å²) in [5.74, 6) is -0.745. The molecule has 1 N–H and O–H groups in total. The summed E-state index contributed by atoms with van der Waals surface area (Å²) in [4.78, 5) is 9.37. The van der Waals surface area contributed by atoms with Gasteiger partial charge in [-0.2, -0.15) is 0 Å².